The molecule has 0 radical (unpaired) electrons. The second-order valence-electron chi connectivity index (χ2n) is 4.00. The Morgan fingerprint density at radius 2 is 1.82 bits per heavy atom. The highest BCUT2D eigenvalue weighted by Crippen LogP contribution is 2.31. The Balaban J connectivity index is 2.40. The Morgan fingerprint density at radius 1 is 1.18 bits per heavy atom. The third-order valence-electron chi connectivity index (χ3n) is 2.97. The molecule has 6 heteroatoms. The second-order valence-corrected chi connectivity index (χ2v) is 4.00. The van der Waals surface area contributed by atoms with Gasteiger partial charge in [0, 0.05) is 25.1 Å². The van der Waals surface area contributed by atoms with Crippen molar-refractivity contribution in [2.75, 3.05) is 13.1 Å². The lowest BCUT2D eigenvalue weighted by molar-refractivity contribution is -0.141. The second kappa shape index (κ2) is 4.37. The van der Waals surface area contributed by atoms with Gasteiger partial charge in [-0.2, -0.15) is 0 Å². The molecule has 0 spiro atoms. The maximum absolute atomic E-state index is 13.5. The third kappa shape index (κ3) is 2.12. The molecule has 0 amide bonds. The monoisotopic (exact) mass is 245 g/mol. The van der Waals surface area contributed by atoms with Crippen LogP contribution in [0, 0.1) is 23.4 Å². The van der Waals surface area contributed by atoms with Crippen molar-refractivity contribution in [3.05, 3.63) is 35.1 Å². The van der Waals surface area contributed by atoms with Crippen LogP contribution in [-0.4, -0.2) is 24.2 Å². The van der Waals surface area contributed by atoms with Crippen LogP contribution in [0.15, 0.2) is 12.1 Å². The number of carboxylic acid groups (broad SMARTS) is 1. The van der Waals surface area contributed by atoms with Crippen LogP contribution in [0.5, 0.6) is 0 Å². The Morgan fingerprint density at radius 3 is 2.47 bits per heavy atom. The van der Waals surface area contributed by atoms with E-state index >= 15 is 0 Å². The first kappa shape index (κ1) is 11.9. The van der Waals surface area contributed by atoms with Gasteiger partial charge in [-0.3, -0.25) is 4.79 Å². The van der Waals surface area contributed by atoms with Crippen LogP contribution in [0.2, 0.25) is 0 Å². The lowest BCUT2D eigenvalue weighted by Crippen LogP contribution is -2.21. The number of aliphatic carboxylic acids is 1. The van der Waals surface area contributed by atoms with Gasteiger partial charge in [0.1, 0.15) is 5.82 Å². The smallest absolute Gasteiger partial charge is 0.308 e. The van der Waals surface area contributed by atoms with Crippen LogP contribution >= 0.6 is 0 Å². The fourth-order valence-electron chi connectivity index (χ4n) is 2.09. The van der Waals surface area contributed by atoms with Gasteiger partial charge < -0.3 is 10.4 Å². The molecule has 0 aliphatic carbocycles. The van der Waals surface area contributed by atoms with E-state index in [2.05, 4.69) is 5.32 Å². The fraction of sp³-hybridized carbons (Fsp3) is 0.364. The lowest BCUT2D eigenvalue weighted by atomic mass is 9.88. The zero-order valence-corrected chi connectivity index (χ0v) is 8.71. The molecule has 0 aromatic heterocycles. The average molecular weight is 245 g/mol. The topological polar surface area (TPSA) is 49.3 Å². The van der Waals surface area contributed by atoms with E-state index in [9.17, 15) is 18.0 Å². The SMILES string of the molecule is O=C(O)C1CNCC1c1cc(F)c(F)cc1F. The fourth-order valence-corrected chi connectivity index (χ4v) is 2.09. The Kier molecular flexibility index (Phi) is 3.06. The number of carbonyl (C=O) groups is 1. The normalized spacial score (nSPS) is 23.9. The largest absolute Gasteiger partial charge is 0.481 e. The number of hydrogen-bond acceptors (Lipinski definition) is 2. The van der Waals surface area contributed by atoms with Gasteiger partial charge in [0.2, 0.25) is 0 Å². The number of benzene rings is 1. The van der Waals surface area contributed by atoms with Crippen molar-refractivity contribution < 1.29 is 23.1 Å². The van der Waals surface area contributed by atoms with Crippen molar-refractivity contribution in [1.29, 1.82) is 0 Å². The zero-order valence-electron chi connectivity index (χ0n) is 8.71. The molecular formula is C11H10F3NO2. The van der Waals surface area contributed by atoms with Crippen LogP contribution in [0.25, 0.3) is 0 Å². The predicted molar refractivity (Wildman–Crippen MR) is 53.1 cm³/mol. The van der Waals surface area contributed by atoms with E-state index in [1.807, 2.05) is 0 Å². The summed E-state index contributed by atoms with van der Waals surface area (Å²) in [5, 5.41) is 11.7. The van der Waals surface area contributed by atoms with Gasteiger partial charge >= 0.3 is 5.97 Å². The summed E-state index contributed by atoms with van der Waals surface area (Å²) in [5.74, 6) is -5.94. The molecule has 1 aliphatic rings. The van der Waals surface area contributed by atoms with Crippen LogP contribution in [0.3, 0.4) is 0 Å². The molecule has 1 heterocycles. The molecule has 1 aliphatic heterocycles. The van der Waals surface area contributed by atoms with E-state index in [-0.39, 0.29) is 18.7 Å². The molecule has 2 atom stereocenters. The van der Waals surface area contributed by atoms with Gasteiger partial charge in [-0.1, -0.05) is 0 Å². The predicted octanol–water partition coefficient (Wildman–Crippen LogP) is 1.49. The molecule has 0 bridgehead atoms. The number of halogens is 3. The van der Waals surface area contributed by atoms with Crippen molar-refractivity contribution in [2.24, 2.45) is 5.92 Å². The van der Waals surface area contributed by atoms with E-state index in [1.54, 1.807) is 0 Å². The lowest BCUT2D eigenvalue weighted by Gasteiger charge is -2.16. The van der Waals surface area contributed by atoms with Gasteiger partial charge in [0.25, 0.3) is 0 Å². The van der Waals surface area contributed by atoms with Crippen LogP contribution in [0.1, 0.15) is 11.5 Å². The molecular weight excluding hydrogens is 235 g/mol. The summed E-state index contributed by atoms with van der Waals surface area (Å²) in [6, 6.07) is 1.18. The maximum Gasteiger partial charge on any atom is 0.308 e. The molecule has 1 fully saturated rings. The molecule has 2 unspecified atom stereocenters. The van der Waals surface area contributed by atoms with Crippen molar-refractivity contribution >= 4 is 5.97 Å². The zero-order chi connectivity index (χ0) is 12.6. The van der Waals surface area contributed by atoms with Crippen molar-refractivity contribution in [3.63, 3.8) is 0 Å². The minimum Gasteiger partial charge on any atom is -0.481 e. The molecule has 1 saturated heterocycles. The molecule has 1 aromatic carbocycles. The summed E-state index contributed by atoms with van der Waals surface area (Å²) in [7, 11) is 0. The van der Waals surface area contributed by atoms with Gasteiger partial charge in [-0.15, -0.1) is 0 Å². The molecule has 3 nitrogen and oxygen atoms in total. The number of carboxylic acids is 1. The summed E-state index contributed by atoms with van der Waals surface area (Å²) in [6.45, 7) is 0.428. The molecule has 17 heavy (non-hydrogen) atoms. The van der Waals surface area contributed by atoms with Crippen LogP contribution < -0.4 is 5.32 Å². The minimum absolute atomic E-state index is 0.0960. The molecule has 1 aromatic rings. The summed E-state index contributed by atoms with van der Waals surface area (Å²) < 4.78 is 39.3. The average Bonchev–Trinajstić information content (AvgIpc) is 2.72. The Labute approximate surface area is 95.3 Å². The van der Waals surface area contributed by atoms with Gasteiger partial charge in [0.05, 0.1) is 5.92 Å². The Bertz CT molecular complexity index is 464. The molecule has 0 saturated carbocycles. The number of nitrogens with one attached hydrogen (secondary N) is 1. The highest BCUT2D eigenvalue weighted by molar-refractivity contribution is 5.72. The molecule has 2 rings (SSSR count). The first-order valence-electron chi connectivity index (χ1n) is 5.08. The van der Waals surface area contributed by atoms with Crippen molar-refractivity contribution in [2.45, 2.75) is 5.92 Å². The van der Waals surface area contributed by atoms with Gasteiger partial charge in [0.15, 0.2) is 11.6 Å². The van der Waals surface area contributed by atoms with Gasteiger partial charge in [-0.25, -0.2) is 13.2 Å². The first-order chi connectivity index (χ1) is 8.00. The van der Waals surface area contributed by atoms with E-state index in [0.717, 1.165) is 6.07 Å². The van der Waals surface area contributed by atoms with E-state index in [0.29, 0.717) is 6.07 Å². The van der Waals surface area contributed by atoms with E-state index in [4.69, 9.17) is 5.11 Å². The number of rotatable bonds is 2. The third-order valence-corrected chi connectivity index (χ3v) is 2.97. The van der Waals surface area contributed by atoms with E-state index < -0.39 is 35.3 Å². The highest BCUT2D eigenvalue weighted by atomic mass is 19.2. The summed E-state index contributed by atoms with van der Waals surface area (Å²) in [4.78, 5) is 10.9. The maximum atomic E-state index is 13.5. The van der Waals surface area contributed by atoms with Crippen molar-refractivity contribution in [3.8, 4) is 0 Å². The minimum atomic E-state index is -1.27. The summed E-state index contributed by atoms with van der Waals surface area (Å²) in [6.07, 6.45) is 0. The molecule has 2 N–H and O–H groups in total. The highest BCUT2D eigenvalue weighted by Gasteiger charge is 2.35. The quantitative estimate of drug-likeness (QED) is 0.776. The van der Waals surface area contributed by atoms with Crippen LogP contribution in [-0.2, 0) is 4.79 Å². The first-order valence-corrected chi connectivity index (χ1v) is 5.08. The Hall–Kier alpha value is -1.56. The summed E-state index contributed by atoms with van der Waals surface area (Å²) >= 11 is 0. The van der Waals surface area contributed by atoms with Crippen LogP contribution in [0.4, 0.5) is 13.2 Å². The van der Waals surface area contributed by atoms with Gasteiger partial charge in [-0.05, 0) is 11.6 Å². The molecule has 92 valence electrons. The standard InChI is InChI=1S/C11H10F3NO2/c12-8-2-10(14)9(13)1-5(8)6-3-15-4-7(6)11(16)17/h1-2,6-7,15H,3-4H2,(H,16,17). The van der Waals surface area contributed by atoms with E-state index in [1.165, 1.54) is 0 Å². The number of hydrogen-bond donors (Lipinski definition) is 2. The summed E-state index contributed by atoms with van der Waals surface area (Å²) in [5.41, 5.74) is -0.0960. The van der Waals surface area contributed by atoms with Crippen molar-refractivity contribution in [1.82, 2.24) is 5.32 Å².